The van der Waals surface area contributed by atoms with Gasteiger partial charge in [0.2, 0.25) is 0 Å². The van der Waals surface area contributed by atoms with Gasteiger partial charge in [0.05, 0.1) is 7.11 Å². The quantitative estimate of drug-likeness (QED) is 0.414. The zero-order valence-electron chi connectivity index (χ0n) is 12.1. The van der Waals surface area contributed by atoms with Gasteiger partial charge in [-0.3, -0.25) is 4.79 Å². The Morgan fingerprint density at radius 1 is 1.06 bits per heavy atom. The van der Waals surface area contributed by atoms with Gasteiger partial charge in [0.25, 0.3) is 0 Å². The van der Waals surface area contributed by atoms with Gasteiger partial charge in [-0.2, -0.15) is 0 Å². The summed E-state index contributed by atoms with van der Waals surface area (Å²) in [6.07, 6.45) is 9.77. The highest BCUT2D eigenvalue weighted by Gasteiger charge is 2.12. The molecule has 2 nitrogen and oxygen atoms in total. The molecule has 0 bridgehead atoms. The summed E-state index contributed by atoms with van der Waals surface area (Å²) in [6.45, 7) is 6.69. The molecule has 0 amide bonds. The summed E-state index contributed by atoms with van der Waals surface area (Å²) in [5.41, 5.74) is 0. The Balaban J connectivity index is 3.50. The molecule has 0 fully saturated rings. The minimum Gasteiger partial charge on any atom is -0.469 e. The zero-order chi connectivity index (χ0) is 13.1. The van der Waals surface area contributed by atoms with E-state index >= 15 is 0 Å². The molecule has 0 unspecified atom stereocenters. The average Bonchev–Trinajstić information content (AvgIpc) is 2.28. The second kappa shape index (κ2) is 10.6. The van der Waals surface area contributed by atoms with Crippen LogP contribution in [0, 0.1) is 11.8 Å². The van der Waals surface area contributed by atoms with Crippen LogP contribution in [0.3, 0.4) is 0 Å². The number of methoxy groups -OCH3 is 1. The molecule has 17 heavy (non-hydrogen) atoms. The van der Waals surface area contributed by atoms with Crippen molar-refractivity contribution >= 4 is 5.97 Å². The summed E-state index contributed by atoms with van der Waals surface area (Å²) in [6, 6.07) is 0. The van der Waals surface area contributed by atoms with Crippen LogP contribution in [0.5, 0.6) is 0 Å². The normalized spacial score (nSPS) is 14.4. The maximum atomic E-state index is 11.1. The maximum absolute atomic E-state index is 11.1. The predicted octanol–water partition coefficient (Wildman–Crippen LogP) is 4.57. The third kappa shape index (κ3) is 10.3. The molecule has 0 aromatic carbocycles. The SMILES string of the molecule is CCCCCCC[C@@H](C)C[C@H](C)CC(=O)OC. The van der Waals surface area contributed by atoms with Gasteiger partial charge in [-0.25, -0.2) is 0 Å². The lowest BCUT2D eigenvalue weighted by molar-refractivity contribution is -0.141. The van der Waals surface area contributed by atoms with Gasteiger partial charge < -0.3 is 4.74 Å². The number of unbranched alkanes of at least 4 members (excludes halogenated alkanes) is 4. The van der Waals surface area contributed by atoms with Gasteiger partial charge in [-0.05, 0) is 18.3 Å². The standard InChI is InChI=1S/C15H30O2/c1-5-6-7-8-9-10-13(2)11-14(3)12-15(16)17-4/h13-14H,5-12H2,1-4H3/t13-,14+/m1/s1. The van der Waals surface area contributed by atoms with E-state index in [-0.39, 0.29) is 5.97 Å². The van der Waals surface area contributed by atoms with E-state index in [9.17, 15) is 4.79 Å². The van der Waals surface area contributed by atoms with Crippen LogP contribution in [0.25, 0.3) is 0 Å². The van der Waals surface area contributed by atoms with Crippen molar-refractivity contribution < 1.29 is 9.53 Å². The molecular weight excluding hydrogens is 212 g/mol. The molecule has 0 aliphatic carbocycles. The smallest absolute Gasteiger partial charge is 0.305 e. The van der Waals surface area contributed by atoms with E-state index in [0.717, 1.165) is 12.3 Å². The van der Waals surface area contributed by atoms with Gasteiger partial charge in [-0.15, -0.1) is 0 Å². The first-order valence-corrected chi connectivity index (χ1v) is 7.16. The fourth-order valence-corrected chi connectivity index (χ4v) is 2.35. The number of rotatable bonds is 10. The maximum Gasteiger partial charge on any atom is 0.305 e. The molecule has 0 radical (unpaired) electrons. The van der Waals surface area contributed by atoms with Crippen molar-refractivity contribution in [3.05, 3.63) is 0 Å². The minimum absolute atomic E-state index is 0.0763. The first-order chi connectivity index (χ1) is 8.10. The molecule has 0 aliphatic rings. The number of carbonyl (C=O) groups excluding carboxylic acids is 1. The zero-order valence-corrected chi connectivity index (χ0v) is 12.1. The number of carbonyl (C=O) groups is 1. The Bertz CT molecular complexity index is 189. The summed E-state index contributed by atoms with van der Waals surface area (Å²) < 4.78 is 4.69. The molecule has 0 aromatic rings. The van der Waals surface area contributed by atoms with Crippen molar-refractivity contribution in [2.24, 2.45) is 11.8 Å². The van der Waals surface area contributed by atoms with Gasteiger partial charge in [-0.1, -0.05) is 59.3 Å². The summed E-state index contributed by atoms with van der Waals surface area (Å²) in [7, 11) is 1.46. The molecule has 2 heteroatoms. The van der Waals surface area contributed by atoms with Crippen molar-refractivity contribution in [1.82, 2.24) is 0 Å². The van der Waals surface area contributed by atoms with E-state index in [1.165, 1.54) is 45.6 Å². The summed E-state index contributed by atoms with van der Waals surface area (Å²) in [5.74, 6) is 1.11. The predicted molar refractivity (Wildman–Crippen MR) is 73.0 cm³/mol. The van der Waals surface area contributed by atoms with E-state index in [0.29, 0.717) is 12.3 Å². The van der Waals surface area contributed by atoms with Crippen LogP contribution in [0.4, 0.5) is 0 Å². The molecule has 0 saturated heterocycles. The van der Waals surface area contributed by atoms with Crippen LogP contribution in [0.1, 0.15) is 72.1 Å². The lowest BCUT2D eigenvalue weighted by atomic mass is 9.91. The number of hydrogen-bond acceptors (Lipinski definition) is 2. The highest BCUT2D eigenvalue weighted by atomic mass is 16.5. The number of ether oxygens (including phenoxy) is 1. The van der Waals surface area contributed by atoms with Gasteiger partial charge in [0, 0.05) is 6.42 Å². The third-order valence-corrected chi connectivity index (χ3v) is 3.35. The molecule has 102 valence electrons. The van der Waals surface area contributed by atoms with E-state index in [1.807, 2.05) is 0 Å². The Labute approximate surface area is 107 Å². The van der Waals surface area contributed by atoms with Crippen molar-refractivity contribution in [2.75, 3.05) is 7.11 Å². The van der Waals surface area contributed by atoms with Crippen molar-refractivity contribution in [3.8, 4) is 0 Å². The summed E-state index contributed by atoms with van der Waals surface area (Å²) in [4.78, 5) is 11.1. The van der Waals surface area contributed by atoms with Gasteiger partial charge >= 0.3 is 5.97 Å². The van der Waals surface area contributed by atoms with Crippen LogP contribution in [-0.4, -0.2) is 13.1 Å². The largest absolute Gasteiger partial charge is 0.469 e. The Morgan fingerprint density at radius 2 is 1.71 bits per heavy atom. The Kier molecular flexibility index (Phi) is 10.3. The van der Waals surface area contributed by atoms with Gasteiger partial charge in [0.1, 0.15) is 0 Å². The average molecular weight is 242 g/mol. The van der Waals surface area contributed by atoms with Crippen LogP contribution >= 0.6 is 0 Å². The van der Waals surface area contributed by atoms with Crippen molar-refractivity contribution in [1.29, 1.82) is 0 Å². The first-order valence-electron chi connectivity index (χ1n) is 7.16. The van der Waals surface area contributed by atoms with Crippen LogP contribution in [-0.2, 0) is 9.53 Å². The Hall–Kier alpha value is -0.530. The van der Waals surface area contributed by atoms with E-state index in [4.69, 9.17) is 0 Å². The van der Waals surface area contributed by atoms with E-state index in [1.54, 1.807) is 0 Å². The number of esters is 1. The first kappa shape index (κ1) is 16.5. The molecule has 0 N–H and O–H groups in total. The monoisotopic (exact) mass is 242 g/mol. The number of hydrogen-bond donors (Lipinski definition) is 0. The lowest BCUT2D eigenvalue weighted by Crippen LogP contribution is -2.10. The third-order valence-electron chi connectivity index (χ3n) is 3.35. The molecule has 0 heterocycles. The van der Waals surface area contributed by atoms with Gasteiger partial charge in [0.15, 0.2) is 0 Å². The topological polar surface area (TPSA) is 26.3 Å². The fraction of sp³-hybridized carbons (Fsp3) is 0.933. The molecule has 0 spiro atoms. The molecule has 0 rings (SSSR count). The van der Waals surface area contributed by atoms with Crippen molar-refractivity contribution in [2.45, 2.75) is 72.1 Å². The minimum atomic E-state index is -0.0763. The summed E-state index contributed by atoms with van der Waals surface area (Å²) in [5, 5.41) is 0. The fourth-order valence-electron chi connectivity index (χ4n) is 2.35. The highest BCUT2D eigenvalue weighted by Crippen LogP contribution is 2.21. The lowest BCUT2D eigenvalue weighted by Gasteiger charge is -2.16. The van der Waals surface area contributed by atoms with Crippen molar-refractivity contribution in [3.63, 3.8) is 0 Å². The van der Waals surface area contributed by atoms with Crippen LogP contribution < -0.4 is 0 Å². The molecule has 0 saturated carbocycles. The van der Waals surface area contributed by atoms with Crippen LogP contribution in [0.2, 0.25) is 0 Å². The highest BCUT2D eigenvalue weighted by molar-refractivity contribution is 5.69. The van der Waals surface area contributed by atoms with E-state index < -0.39 is 0 Å². The second-order valence-electron chi connectivity index (χ2n) is 5.43. The van der Waals surface area contributed by atoms with Crippen LogP contribution in [0.15, 0.2) is 0 Å². The molecule has 0 aliphatic heterocycles. The summed E-state index contributed by atoms with van der Waals surface area (Å²) >= 11 is 0. The molecule has 2 atom stereocenters. The molecule has 0 aromatic heterocycles. The van der Waals surface area contributed by atoms with E-state index in [2.05, 4.69) is 25.5 Å². The second-order valence-corrected chi connectivity index (χ2v) is 5.43. The molecular formula is C15H30O2. The Morgan fingerprint density at radius 3 is 2.29 bits per heavy atom.